The molecule has 0 radical (unpaired) electrons. The summed E-state index contributed by atoms with van der Waals surface area (Å²) in [6, 6.07) is 4.12. The van der Waals surface area contributed by atoms with Crippen LogP contribution in [-0.2, 0) is 6.54 Å². The zero-order chi connectivity index (χ0) is 18.2. The quantitative estimate of drug-likeness (QED) is 0.656. The van der Waals surface area contributed by atoms with Gasteiger partial charge in [0.15, 0.2) is 6.61 Å². The third-order valence-corrected chi connectivity index (χ3v) is 3.50. The van der Waals surface area contributed by atoms with Crippen molar-refractivity contribution in [1.82, 2.24) is 24.1 Å². The molecule has 0 saturated heterocycles. The molecule has 11 heteroatoms. The largest absolute Gasteiger partial charge is 0.453 e. The lowest BCUT2D eigenvalue weighted by Gasteiger charge is -2.11. The molecule has 25 heavy (non-hydrogen) atoms. The molecule has 0 atom stereocenters. The fraction of sp³-hybridized carbons (Fsp3) is 0.286. The highest BCUT2D eigenvalue weighted by Crippen LogP contribution is 2.17. The van der Waals surface area contributed by atoms with E-state index < -0.39 is 24.4 Å². The van der Waals surface area contributed by atoms with Crippen molar-refractivity contribution >= 4 is 17.4 Å². The van der Waals surface area contributed by atoms with Crippen LogP contribution >= 0.6 is 11.6 Å². The van der Waals surface area contributed by atoms with E-state index in [-0.39, 0.29) is 12.3 Å². The second-order valence-electron chi connectivity index (χ2n) is 5.21. The molecule has 0 spiro atoms. The van der Waals surface area contributed by atoms with Gasteiger partial charge in [0.1, 0.15) is 5.15 Å². The van der Waals surface area contributed by atoms with Crippen LogP contribution in [0.3, 0.4) is 0 Å². The van der Waals surface area contributed by atoms with E-state index in [1.54, 1.807) is 29.8 Å². The number of pyridine rings is 1. The van der Waals surface area contributed by atoms with Crippen molar-refractivity contribution in [2.75, 3.05) is 6.61 Å². The number of hydrogen-bond acceptors (Lipinski definition) is 5. The lowest BCUT2D eigenvalue weighted by molar-refractivity contribution is -0.154. The van der Waals surface area contributed by atoms with Gasteiger partial charge in [0.2, 0.25) is 5.78 Å². The number of fused-ring (bicyclic) bond motifs is 1. The molecule has 0 aromatic carbocycles. The molecule has 132 valence electrons. The van der Waals surface area contributed by atoms with Crippen LogP contribution < -0.4 is 10.3 Å². The number of halogens is 4. The van der Waals surface area contributed by atoms with E-state index in [4.69, 9.17) is 11.6 Å². The molecule has 0 aliphatic heterocycles. The summed E-state index contributed by atoms with van der Waals surface area (Å²) in [5.74, 6) is 0.0668. The van der Waals surface area contributed by atoms with Crippen LogP contribution in [0.4, 0.5) is 13.2 Å². The first-order valence-corrected chi connectivity index (χ1v) is 7.38. The maximum atomic E-state index is 12.3. The van der Waals surface area contributed by atoms with Crippen LogP contribution in [0.15, 0.2) is 29.2 Å². The molecule has 7 nitrogen and oxygen atoms in total. The molecule has 3 heterocycles. The van der Waals surface area contributed by atoms with Gasteiger partial charge >= 0.3 is 12.2 Å². The third kappa shape index (κ3) is 3.90. The van der Waals surface area contributed by atoms with Gasteiger partial charge in [-0.25, -0.2) is 4.98 Å². The Morgan fingerprint density at radius 1 is 1.32 bits per heavy atom. The summed E-state index contributed by atoms with van der Waals surface area (Å²) in [6.45, 7) is 0.408. The van der Waals surface area contributed by atoms with Gasteiger partial charge in [-0.05, 0) is 18.6 Å². The van der Waals surface area contributed by atoms with Crippen LogP contribution in [0, 0.1) is 6.92 Å². The van der Waals surface area contributed by atoms with Gasteiger partial charge in [0, 0.05) is 18.0 Å². The molecule has 0 fully saturated rings. The Hall–Kier alpha value is -2.62. The molecule has 3 aromatic rings. The van der Waals surface area contributed by atoms with Crippen LogP contribution in [0.1, 0.15) is 11.3 Å². The van der Waals surface area contributed by atoms with Gasteiger partial charge in [-0.15, -0.1) is 5.10 Å². The summed E-state index contributed by atoms with van der Waals surface area (Å²) in [5.41, 5.74) is 0.799. The lowest BCUT2D eigenvalue weighted by atomic mass is 10.3. The van der Waals surface area contributed by atoms with Crippen molar-refractivity contribution in [2.24, 2.45) is 0 Å². The summed E-state index contributed by atoms with van der Waals surface area (Å²) in [5, 5.41) is 4.02. The fourth-order valence-electron chi connectivity index (χ4n) is 2.17. The smallest absolute Gasteiger partial charge is 0.422 e. The highest BCUT2D eigenvalue weighted by molar-refractivity contribution is 6.29. The third-order valence-electron chi connectivity index (χ3n) is 3.27. The first kappa shape index (κ1) is 17.2. The average molecular weight is 374 g/mol. The molecular formula is C14H11ClF3N5O2. The number of aryl methyl sites for hydroxylation is 1. The van der Waals surface area contributed by atoms with Crippen LogP contribution in [-0.4, -0.2) is 36.9 Å². The summed E-state index contributed by atoms with van der Waals surface area (Å²) in [4.78, 5) is 19.9. The number of nitrogens with zero attached hydrogens (tertiary/aromatic N) is 5. The SMILES string of the molecule is Cc1cc(=O)n2nc(OCC(F)(F)F)nc2n1Cc1ccc(Cl)nc1. The van der Waals surface area contributed by atoms with Crippen LogP contribution in [0.5, 0.6) is 6.01 Å². The van der Waals surface area contributed by atoms with E-state index in [0.717, 1.165) is 10.1 Å². The fourth-order valence-corrected chi connectivity index (χ4v) is 2.28. The predicted octanol–water partition coefficient (Wildman–Crippen LogP) is 2.24. The molecule has 0 aliphatic rings. The lowest BCUT2D eigenvalue weighted by Crippen LogP contribution is -2.21. The molecule has 0 amide bonds. The number of ether oxygens (including phenoxy) is 1. The monoisotopic (exact) mass is 373 g/mol. The highest BCUT2D eigenvalue weighted by Gasteiger charge is 2.29. The second kappa shape index (κ2) is 6.36. The number of hydrogen-bond donors (Lipinski definition) is 0. The van der Waals surface area contributed by atoms with Gasteiger partial charge < -0.3 is 9.30 Å². The Balaban J connectivity index is 2.00. The molecule has 3 aromatic heterocycles. The molecule has 0 bridgehead atoms. The van der Waals surface area contributed by atoms with E-state index in [1.165, 1.54) is 6.07 Å². The summed E-state index contributed by atoms with van der Waals surface area (Å²) in [6.07, 6.45) is -2.98. The van der Waals surface area contributed by atoms with Gasteiger partial charge in [0.05, 0.1) is 6.54 Å². The minimum atomic E-state index is -4.53. The molecule has 0 aliphatic carbocycles. The minimum Gasteiger partial charge on any atom is -0.453 e. The normalized spacial score (nSPS) is 11.9. The Bertz CT molecular complexity index is 965. The van der Waals surface area contributed by atoms with E-state index in [1.807, 2.05) is 0 Å². The van der Waals surface area contributed by atoms with Crippen molar-refractivity contribution in [2.45, 2.75) is 19.6 Å². The van der Waals surface area contributed by atoms with Gasteiger partial charge in [-0.2, -0.15) is 22.7 Å². The number of rotatable bonds is 4. The van der Waals surface area contributed by atoms with Crippen molar-refractivity contribution in [3.63, 3.8) is 0 Å². The molecule has 0 N–H and O–H groups in total. The Morgan fingerprint density at radius 3 is 2.72 bits per heavy atom. The zero-order valence-corrected chi connectivity index (χ0v) is 13.5. The number of aromatic nitrogens is 5. The van der Waals surface area contributed by atoms with E-state index >= 15 is 0 Å². The van der Waals surface area contributed by atoms with Crippen LogP contribution in [0.25, 0.3) is 5.78 Å². The van der Waals surface area contributed by atoms with Gasteiger partial charge in [-0.3, -0.25) is 4.79 Å². The maximum absolute atomic E-state index is 12.3. The topological polar surface area (TPSA) is 74.3 Å². The van der Waals surface area contributed by atoms with Gasteiger partial charge in [-0.1, -0.05) is 17.7 Å². The highest BCUT2D eigenvalue weighted by atomic mass is 35.5. The molecule has 0 unspecified atom stereocenters. The van der Waals surface area contributed by atoms with Crippen LogP contribution in [0.2, 0.25) is 5.15 Å². The minimum absolute atomic E-state index is 0.0668. The first-order valence-electron chi connectivity index (χ1n) is 7.00. The summed E-state index contributed by atoms with van der Waals surface area (Å²) >= 11 is 5.74. The van der Waals surface area contributed by atoms with Crippen molar-refractivity contribution in [1.29, 1.82) is 0 Å². The molecule has 3 rings (SSSR count). The van der Waals surface area contributed by atoms with E-state index in [9.17, 15) is 18.0 Å². The second-order valence-corrected chi connectivity index (χ2v) is 5.60. The first-order chi connectivity index (χ1) is 11.7. The zero-order valence-electron chi connectivity index (χ0n) is 12.8. The number of alkyl halides is 3. The Morgan fingerprint density at radius 2 is 2.08 bits per heavy atom. The predicted molar refractivity (Wildman–Crippen MR) is 81.9 cm³/mol. The van der Waals surface area contributed by atoms with Crippen molar-refractivity contribution in [3.05, 3.63) is 51.2 Å². The maximum Gasteiger partial charge on any atom is 0.422 e. The van der Waals surface area contributed by atoms with Crippen molar-refractivity contribution in [3.8, 4) is 6.01 Å². The Kier molecular flexibility index (Phi) is 4.38. The molecule has 0 saturated carbocycles. The Labute approximate surface area is 143 Å². The summed E-state index contributed by atoms with van der Waals surface area (Å²) in [7, 11) is 0. The van der Waals surface area contributed by atoms with Crippen molar-refractivity contribution < 1.29 is 17.9 Å². The molecular weight excluding hydrogens is 363 g/mol. The van der Waals surface area contributed by atoms with Gasteiger partial charge in [0.25, 0.3) is 5.56 Å². The summed E-state index contributed by atoms with van der Waals surface area (Å²) < 4.78 is 43.8. The average Bonchev–Trinajstić information content (AvgIpc) is 2.95. The van der Waals surface area contributed by atoms with E-state index in [2.05, 4.69) is 19.8 Å². The standard InChI is InChI=1S/C14H11ClF3N5O2/c1-8-4-11(24)23-13(20-12(21-23)25-7-14(16,17)18)22(8)6-9-2-3-10(15)19-5-9/h2-5H,6-7H2,1H3. The van der Waals surface area contributed by atoms with E-state index in [0.29, 0.717) is 10.8 Å².